The number of hydrogen-bond acceptors (Lipinski definition) is 5. The molecule has 0 aliphatic heterocycles. The quantitative estimate of drug-likeness (QED) is 0.753. The Labute approximate surface area is 98.4 Å². The zero-order valence-corrected chi connectivity index (χ0v) is 9.43. The SMILES string of the molecule is Nc1nc(N)c2ncn(CC3=CCCC3)c2n1. The lowest BCUT2D eigenvalue weighted by Gasteiger charge is -2.05. The van der Waals surface area contributed by atoms with Gasteiger partial charge in [0.2, 0.25) is 5.95 Å². The van der Waals surface area contributed by atoms with Crippen LogP contribution in [0, 0.1) is 0 Å². The number of allylic oxidation sites excluding steroid dienone is 2. The third-order valence-electron chi connectivity index (χ3n) is 3.02. The maximum atomic E-state index is 5.76. The van der Waals surface area contributed by atoms with Crippen molar-refractivity contribution in [3.63, 3.8) is 0 Å². The Bertz CT molecular complexity index is 597. The first-order chi connectivity index (χ1) is 8.24. The Morgan fingerprint density at radius 1 is 1.29 bits per heavy atom. The molecule has 0 atom stereocenters. The summed E-state index contributed by atoms with van der Waals surface area (Å²) in [5.74, 6) is 0.531. The molecule has 4 N–H and O–H groups in total. The molecule has 6 heteroatoms. The van der Waals surface area contributed by atoms with Crippen LogP contribution in [-0.4, -0.2) is 19.5 Å². The maximum absolute atomic E-state index is 5.76. The largest absolute Gasteiger partial charge is 0.382 e. The molecule has 6 nitrogen and oxygen atoms in total. The number of hydrogen-bond donors (Lipinski definition) is 2. The molecule has 2 heterocycles. The van der Waals surface area contributed by atoms with Gasteiger partial charge in [0, 0.05) is 6.54 Å². The highest BCUT2D eigenvalue weighted by Gasteiger charge is 2.12. The van der Waals surface area contributed by atoms with Crippen LogP contribution < -0.4 is 11.5 Å². The lowest BCUT2D eigenvalue weighted by molar-refractivity contribution is 0.762. The van der Waals surface area contributed by atoms with E-state index in [2.05, 4.69) is 21.0 Å². The smallest absolute Gasteiger partial charge is 0.224 e. The number of fused-ring (bicyclic) bond motifs is 1. The molecule has 0 spiro atoms. The fraction of sp³-hybridized carbons (Fsp3) is 0.364. The number of nitrogens with two attached hydrogens (primary N) is 2. The molecule has 0 bridgehead atoms. The monoisotopic (exact) mass is 230 g/mol. The zero-order chi connectivity index (χ0) is 11.8. The summed E-state index contributed by atoms with van der Waals surface area (Å²) in [7, 11) is 0. The molecule has 0 amide bonds. The van der Waals surface area contributed by atoms with E-state index in [-0.39, 0.29) is 5.95 Å². The molecule has 2 aromatic rings. The molecule has 88 valence electrons. The predicted octanol–water partition coefficient (Wildman–Crippen LogP) is 1.10. The molecule has 1 aliphatic rings. The van der Waals surface area contributed by atoms with Gasteiger partial charge in [0.25, 0.3) is 0 Å². The van der Waals surface area contributed by atoms with Gasteiger partial charge in [-0.3, -0.25) is 0 Å². The number of nitrogen functional groups attached to an aromatic ring is 2. The normalized spacial score (nSPS) is 15.4. The van der Waals surface area contributed by atoms with Gasteiger partial charge in [0.05, 0.1) is 6.33 Å². The minimum atomic E-state index is 0.192. The summed E-state index contributed by atoms with van der Waals surface area (Å²) in [5, 5.41) is 0. The van der Waals surface area contributed by atoms with Crippen LogP contribution in [0.15, 0.2) is 18.0 Å². The summed E-state index contributed by atoms with van der Waals surface area (Å²) < 4.78 is 1.97. The van der Waals surface area contributed by atoms with Crippen molar-refractivity contribution in [3.05, 3.63) is 18.0 Å². The molecule has 1 aliphatic carbocycles. The van der Waals surface area contributed by atoms with E-state index in [1.165, 1.54) is 18.4 Å². The van der Waals surface area contributed by atoms with Crippen molar-refractivity contribution >= 4 is 22.9 Å². The van der Waals surface area contributed by atoms with E-state index >= 15 is 0 Å². The third kappa shape index (κ3) is 1.71. The van der Waals surface area contributed by atoms with Crippen LogP contribution in [0.5, 0.6) is 0 Å². The summed E-state index contributed by atoms with van der Waals surface area (Å²) in [6, 6.07) is 0. The van der Waals surface area contributed by atoms with Crippen LogP contribution >= 0.6 is 0 Å². The second kappa shape index (κ2) is 3.73. The van der Waals surface area contributed by atoms with Gasteiger partial charge >= 0.3 is 0 Å². The highest BCUT2D eigenvalue weighted by atomic mass is 15.2. The summed E-state index contributed by atoms with van der Waals surface area (Å²) in [6.07, 6.45) is 7.58. The summed E-state index contributed by atoms with van der Waals surface area (Å²) in [6.45, 7) is 0.812. The van der Waals surface area contributed by atoms with Crippen molar-refractivity contribution in [2.45, 2.75) is 25.8 Å². The molecule has 0 radical (unpaired) electrons. The van der Waals surface area contributed by atoms with E-state index in [1.54, 1.807) is 6.33 Å². The molecule has 0 aromatic carbocycles. The van der Waals surface area contributed by atoms with Crippen molar-refractivity contribution < 1.29 is 0 Å². The number of imidazole rings is 1. The Hall–Kier alpha value is -2.11. The average Bonchev–Trinajstić information content (AvgIpc) is 2.89. The van der Waals surface area contributed by atoms with E-state index in [4.69, 9.17) is 11.5 Å². The summed E-state index contributed by atoms with van der Waals surface area (Å²) >= 11 is 0. The first-order valence-electron chi connectivity index (χ1n) is 5.66. The van der Waals surface area contributed by atoms with Gasteiger partial charge in [-0.2, -0.15) is 9.97 Å². The van der Waals surface area contributed by atoms with Crippen molar-refractivity contribution in [2.24, 2.45) is 0 Å². The first kappa shape index (κ1) is 10.1. The standard InChI is InChI=1S/C11H14N6/c12-9-8-10(16-11(13)15-9)17(6-14-8)5-7-3-1-2-4-7/h3,6H,1-2,4-5H2,(H4,12,13,15,16). The lowest BCUT2D eigenvalue weighted by Crippen LogP contribution is -2.04. The average molecular weight is 230 g/mol. The van der Waals surface area contributed by atoms with Crippen LogP contribution in [0.2, 0.25) is 0 Å². The second-order valence-corrected chi connectivity index (χ2v) is 4.27. The first-order valence-corrected chi connectivity index (χ1v) is 5.66. The zero-order valence-electron chi connectivity index (χ0n) is 9.43. The van der Waals surface area contributed by atoms with Crippen LogP contribution in [0.1, 0.15) is 19.3 Å². The fourth-order valence-electron chi connectivity index (χ4n) is 2.20. The lowest BCUT2D eigenvalue weighted by atomic mass is 10.2. The van der Waals surface area contributed by atoms with E-state index in [0.717, 1.165) is 13.0 Å². The van der Waals surface area contributed by atoms with Gasteiger partial charge in [-0.05, 0) is 19.3 Å². The molecule has 17 heavy (non-hydrogen) atoms. The van der Waals surface area contributed by atoms with Crippen molar-refractivity contribution in [2.75, 3.05) is 11.5 Å². The molecule has 3 rings (SSSR count). The topological polar surface area (TPSA) is 95.6 Å². The number of aromatic nitrogens is 4. The highest BCUT2D eigenvalue weighted by molar-refractivity contribution is 5.82. The Morgan fingerprint density at radius 2 is 2.18 bits per heavy atom. The number of rotatable bonds is 2. The maximum Gasteiger partial charge on any atom is 0.224 e. The molecular formula is C11H14N6. The van der Waals surface area contributed by atoms with Crippen LogP contribution in [-0.2, 0) is 6.54 Å². The molecule has 0 saturated heterocycles. The Balaban J connectivity index is 2.05. The van der Waals surface area contributed by atoms with Crippen LogP contribution in [0.25, 0.3) is 11.2 Å². The minimum absolute atomic E-state index is 0.192. The molecule has 0 saturated carbocycles. The van der Waals surface area contributed by atoms with Gasteiger partial charge in [-0.15, -0.1) is 0 Å². The third-order valence-corrected chi connectivity index (χ3v) is 3.02. The second-order valence-electron chi connectivity index (χ2n) is 4.27. The van der Waals surface area contributed by atoms with E-state index in [1.807, 2.05) is 4.57 Å². The van der Waals surface area contributed by atoms with E-state index < -0.39 is 0 Å². The highest BCUT2D eigenvalue weighted by Crippen LogP contribution is 2.22. The van der Waals surface area contributed by atoms with Gasteiger partial charge in [-0.25, -0.2) is 4.98 Å². The van der Waals surface area contributed by atoms with Gasteiger partial charge in [0.15, 0.2) is 11.5 Å². The summed E-state index contributed by atoms with van der Waals surface area (Å²) in [5.41, 5.74) is 14.1. The van der Waals surface area contributed by atoms with Crippen molar-refractivity contribution in [1.82, 2.24) is 19.5 Å². The van der Waals surface area contributed by atoms with E-state index in [9.17, 15) is 0 Å². The fourth-order valence-corrected chi connectivity index (χ4v) is 2.20. The van der Waals surface area contributed by atoms with E-state index in [0.29, 0.717) is 17.0 Å². The molecule has 2 aromatic heterocycles. The Morgan fingerprint density at radius 3 is 2.94 bits per heavy atom. The molecule has 0 unspecified atom stereocenters. The van der Waals surface area contributed by atoms with Gasteiger partial charge < -0.3 is 16.0 Å². The van der Waals surface area contributed by atoms with Crippen molar-refractivity contribution in [1.29, 1.82) is 0 Å². The molecular weight excluding hydrogens is 216 g/mol. The van der Waals surface area contributed by atoms with Crippen LogP contribution in [0.3, 0.4) is 0 Å². The summed E-state index contributed by atoms with van der Waals surface area (Å²) in [4.78, 5) is 12.3. The van der Waals surface area contributed by atoms with Gasteiger partial charge in [0.1, 0.15) is 5.52 Å². The number of anilines is 2. The van der Waals surface area contributed by atoms with Crippen molar-refractivity contribution in [3.8, 4) is 0 Å². The Kier molecular flexibility index (Phi) is 2.21. The minimum Gasteiger partial charge on any atom is -0.382 e. The number of nitrogens with zero attached hydrogens (tertiary/aromatic N) is 4. The van der Waals surface area contributed by atoms with Gasteiger partial charge in [-0.1, -0.05) is 11.6 Å². The van der Waals surface area contributed by atoms with Crippen LogP contribution in [0.4, 0.5) is 11.8 Å². The molecule has 0 fully saturated rings. The predicted molar refractivity (Wildman–Crippen MR) is 66.1 cm³/mol.